The summed E-state index contributed by atoms with van der Waals surface area (Å²) in [6.45, 7) is 11.8. The monoisotopic (exact) mass is 547 g/mol. The second-order valence-electron chi connectivity index (χ2n) is 9.28. The van der Waals surface area contributed by atoms with Gasteiger partial charge in [-0.25, -0.2) is 18.4 Å². The molecule has 38 heavy (non-hydrogen) atoms. The Kier molecular flexibility index (Phi) is 8.81. The van der Waals surface area contributed by atoms with Gasteiger partial charge in [0, 0.05) is 39.9 Å². The van der Waals surface area contributed by atoms with Crippen LogP contribution in [0, 0.1) is 0 Å². The van der Waals surface area contributed by atoms with Gasteiger partial charge in [-0.05, 0) is 39.3 Å². The number of pyridine rings is 1. The molecule has 1 N–H and O–H groups in total. The number of piperazine rings is 1. The smallest absolute Gasteiger partial charge is 0.279 e. The van der Waals surface area contributed by atoms with Crippen LogP contribution in [-0.2, 0) is 21.2 Å². The van der Waals surface area contributed by atoms with Crippen molar-refractivity contribution in [2.75, 3.05) is 53.0 Å². The molecular formula is C25H37N7O5S. The Morgan fingerprint density at radius 3 is 2.50 bits per heavy atom. The van der Waals surface area contributed by atoms with Crippen molar-refractivity contribution < 1.29 is 17.9 Å². The summed E-state index contributed by atoms with van der Waals surface area (Å²) >= 11 is 0. The van der Waals surface area contributed by atoms with Crippen LogP contribution in [0.15, 0.2) is 22.0 Å². The van der Waals surface area contributed by atoms with E-state index in [1.807, 2.05) is 25.5 Å². The summed E-state index contributed by atoms with van der Waals surface area (Å²) in [6, 6.07) is 1.49. The van der Waals surface area contributed by atoms with Crippen molar-refractivity contribution >= 4 is 21.1 Å². The molecule has 0 amide bonds. The Morgan fingerprint density at radius 2 is 1.87 bits per heavy atom. The fraction of sp³-hybridized carbons (Fsp3) is 0.600. The molecule has 1 aliphatic rings. The Morgan fingerprint density at radius 1 is 1.13 bits per heavy atom. The molecule has 4 rings (SSSR count). The van der Waals surface area contributed by atoms with Gasteiger partial charge in [0.15, 0.2) is 5.52 Å². The van der Waals surface area contributed by atoms with Gasteiger partial charge in [0.1, 0.15) is 16.2 Å². The van der Waals surface area contributed by atoms with Gasteiger partial charge in [0.05, 0.1) is 30.1 Å². The number of nitrogens with one attached hydrogen (secondary N) is 1. The molecule has 0 aromatic carbocycles. The van der Waals surface area contributed by atoms with Crippen LogP contribution in [-0.4, -0.2) is 95.4 Å². The zero-order chi connectivity index (χ0) is 27.4. The number of hydrogen-bond donors (Lipinski definition) is 1. The van der Waals surface area contributed by atoms with Crippen LogP contribution in [0.4, 0.5) is 0 Å². The SMILES string of the molecule is CCOc1ncc(S(=O)(=O)N2CCN(CC)CC2)cc1-c1nc2c(CC)n(C(C)CCOC)nc2c(=O)[nH]1. The molecule has 4 heterocycles. The van der Waals surface area contributed by atoms with E-state index in [1.54, 1.807) is 7.11 Å². The summed E-state index contributed by atoms with van der Waals surface area (Å²) in [6.07, 6.45) is 2.64. The van der Waals surface area contributed by atoms with Crippen LogP contribution in [0.5, 0.6) is 5.88 Å². The van der Waals surface area contributed by atoms with Crippen LogP contribution in [0.1, 0.15) is 45.9 Å². The number of aromatic nitrogens is 5. The number of H-pyrrole nitrogens is 1. The maximum absolute atomic E-state index is 13.5. The third-order valence-corrected chi connectivity index (χ3v) is 8.79. The van der Waals surface area contributed by atoms with E-state index in [0.29, 0.717) is 56.9 Å². The lowest BCUT2D eigenvalue weighted by Gasteiger charge is -2.33. The zero-order valence-electron chi connectivity index (χ0n) is 22.7. The van der Waals surface area contributed by atoms with Crippen LogP contribution in [0.25, 0.3) is 22.4 Å². The van der Waals surface area contributed by atoms with E-state index in [-0.39, 0.29) is 28.2 Å². The molecule has 13 heteroatoms. The lowest BCUT2D eigenvalue weighted by molar-refractivity contribution is 0.178. The second-order valence-corrected chi connectivity index (χ2v) is 11.2. The first-order chi connectivity index (χ1) is 18.2. The summed E-state index contributed by atoms with van der Waals surface area (Å²) in [5.41, 5.74) is 1.42. The van der Waals surface area contributed by atoms with Crippen molar-refractivity contribution in [2.24, 2.45) is 0 Å². The lowest BCUT2D eigenvalue weighted by atomic mass is 10.2. The van der Waals surface area contributed by atoms with E-state index >= 15 is 0 Å². The number of fused-ring (bicyclic) bond motifs is 1. The number of ether oxygens (including phenoxy) is 2. The Bertz CT molecular complexity index is 1430. The molecule has 3 aromatic heterocycles. The molecular weight excluding hydrogens is 510 g/mol. The first-order valence-electron chi connectivity index (χ1n) is 13.1. The van der Waals surface area contributed by atoms with Gasteiger partial charge >= 0.3 is 0 Å². The van der Waals surface area contributed by atoms with Gasteiger partial charge in [-0.1, -0.05) is 13.8 Å². The first kappa shape index (κ1) is 28.1. The molecule has 1 saturated heterocycles. The van der Waals surface area contributed by atoms with Crippen molar-refractivity contribution in [3.63, 3.8) is 0 Å². The molecule has 208 valence electrons. The number of likely N-dealkylation sites (N-methyl/N-ethyl adjacent to an activating group) is 1. The van der Waals surface area contributed by atoms with Crippen LogP contribution in [0.3, 0.4) is 0 Å². The van der Waals surface area contributed by atoms with E-state index in [9.17, 15) is 13.2 Å². The maximum Gasteiger partial charge on any atom is 0.279 e. The lowest BCUT2D eigenvalue weighted by Crippen LogP contribution is -2.48. The van der Waals surface area contributed by atoms with Crippen LogP contribution in [0.2, 0.25) is 0 Å². The van der Waals surface area contributed by atoms with Crippen molar-refractivity contribution in [3.05, 3.63) is 28.3 Å². The summed E-state index contributed by atoms with van der Waals surface area (Å²) in [5.74, 6) is 0.383. The number of hydrogen-bond acceptors (Lipinski definition) is 9. The first-order valence-corrected chi connectivity index (χ1v) is 14.5. The topological polar surface area (TPSA) is 136 Å². The highest BCUT2D eigenvalue weighted by atomic mass is 32.2. The second kappa shape index (κ2) is 11.9. The van der Waals surface area contributed by atoms with Crippen LogP contribution < -0.4 is 10.3 Å². The summed E-state index contributed by atoms with van der Waals surface area (Å²) in [5, 5.41) is 4.56. The van der Waals surface area contributed by atoms with Gasteiger partial charge in [-0.2, -0.15) is 9.40 Å². The number of rotatable bonds is 11. The predicted octanol–water partition coefficient (Wildman–Crippen LogP) is 2.07. The highest BCUT2D eigenvalue weighted by molar-refractivity contribution is 7.89. The molecule has 0 saturated carbocycles. The Labute approximate surface area is 223 Å². The largest absolute Gasteiger partial charge is 0.477 e. The zero-order valence-corrected chi connectivity index (χ0v) is 23.5. The highest BCUT2D eigenvalue weighted by Gasteiger charge is 2.30. The van der Waals surface area contributed by atoms with Crippen LogP contribution >= 0.6 is 0 Å². The predicted molar refractivity (Wildman–Crippen MR) is 144 cm³/mol. The van der Waals surface area contributed by atoms with Crippen molar-refractivity contribution in [1.29, 1.82) is 0 Å². The average Bonchev–Trinajstić information content (AvgIpc) is 3.31. The quantitative estimate of drug-likeness (QED) is 0.383. The molecule has 0 bridgehead atoms. The van der Waals surface area contributed by atoms with E-state index in [4.69, 9.17) is 14.5 Å². The fourth-order valence-electron chi connectivity index (χ4n) is 4.70. The number of nitrogens with zero attached hydrogens (tertiary/aromatic N) is 6. The molecule has 0 aliphatic carbocycles. The maximum atomic E-state index is 13.5. The minimum atomic E-state index is -3.80. The van der Waals surface area contributed by atoms with Crippen molar-refractivity contribution in [3.8, 4) is 17.3 Å². The van der Waals surface area contributed by atoms with E-state index in [1.165, 1.54) is 16.6 Å². The van der Waals surface area contributed by atoms with E-state index in [0.717, 1.165) is 18.7 Å². The van der Waals surface area contributed by atoms with Gasteiger partial charge in [0.25, 0.3) is 5.56 Å². The fourth-order valence-corrected chi connectivity index (χ4v) is 6.10. The molecule has 1 fully saturated rings. The summed E-state index contributed by atoms with van der Waals surface area (Å²) < 4.78 is 41.2. The van der Waals surface area contributed by atoms with Gasteiger partial charge in [-0.15, -0.1) is 0 Å². The van der Waals surface area contributed by atoms with E-state index in [2.05, 4.69) is 26.9 Å². The van der Waals surface area contributed by atoms with Crippen molar-refractivity contribution in [1.82, 2.24) is 33.9 Å². The third-order valence-electron chi connectivity index (χ3n) is 6.92. The number of aryl methyl sites for hydroxylation is 1. The standard InChI is InChI=1S/C25H37N7O5S/c1-6-20-21-22(29-32(20)17(4)9-14-36-5)24(33)28-23(27-21)19-15-18(16-26-25(19)37-8-3)38(34,35)31-12-10-30(7-2)11-13-31/h15-17H,6-14H2,1-5H3,(H,27,28,33). The number of aromatic amines is 1. The minimum Gasteiger partial charge on any atom is -0.477 e. The van der Waals surface area contributed by atoms with E-state index < -0.39 is 15.6 Å². The molecule has 0 radical (unpaired) electrons. The van der Waals surface area contributed by atoms with Gasteiger partial charge in [0.2, 0.25) is 15.9 Å². The summed E-state index contributed by atoms with van der Waals surface area (Å²) in [7, 11) is -2.15. The van der Waals surface area contributed by atoms with Gasteiger partial charge < -0.3 is 19.4 Å². The highest BCUT2D eigenvalue weighted by Crippen LogP contribution is 2.31. The average molecular weight is 548 g/mol. The molecule has 1 aliphatic heterocycles. The van der Waals surface area contributed by atoms with Crippen molar-refractivity contribution in [2.45, 2.75) is 51.5 Å². The minimum absolute atomic E-state index is 0.00393. The third kappa shape index (κ3) is 5.46. The molecule has 0 spiro atoms. The normalized spacial score (nSPS) is 16.2. The Hall–Kier alpha value is -2.87. The number of methoxy groups -OCH3 is 1. The molecule has 1 atom stereocenters. The summed E-state index contributed by atoms with van der Waals surface area (Å²) in [4.78, 5) is 27.3. The molecule has 3 aromatic rings. The number of sulfonamides is 1. The molecule has 1 unspecified atom stereocenters. The Balaban J connectivity index is 1.80. The molecule has 12 nitrogen and oxygen atoms in total. The van der Waals surface area contributed by atoms with Gasteiger partial charge in [-0.3, -0.25) is 9.48 Å².